The Hall–Kier alpha value is -4.64. The zero-order chi connectivity index (χ0) is 35.2. The fourth-order valence-corrected chi connectivity index (χ4v) is 4.45. The lowest BCUT2D eigenvalue weighted by Crippen LogP contribution is -2.55. The molecule has 11 nitrogen and oxygen atoms in total. The number of hydrogen-bond acceptors (Lipinski definition) is 6. The zero-order valence-electron chi connectivity index (χ0n) is 26.2. The molecule has 2 aromatic rings. The molecule has 5 amide bonds. The van der Waals surface area contributed by atoms with Gasteiger partial charge in [-0.3, -0.25) is 24.0 Å². The quantitative estimate of drug-likeness (QED) is 0.182. The van der Waals surface area contributed by atoms with E-state index in [-0.39, 0.29) is 55.1 Å². The van der Waals surface area contributed by atoms with Crippen LogP contribution in [0.25, 0.3) is 0 Å². The first kappa shape index (κ1) is 38.5. The van der Waals surface area contributed by atoms with Gasteiger partial charge >= 0.3 is 6.18 Å². The van der Waals surface area contributed by atoms with Gasteiger partial charge in [-0.2, -0.15) is 18.4 Å². The van der Waals surface area contributed by atoms with Crippen LogP contribution in [0.1, 0.15) is 62.3 Å². The highest BCUT2D eigenvalue weighted by Gasteiger charge is 2.34. The Balaban J connectivity index is 2.28. The molecule has 0 spiro atoms. The van der Waals surface area contributed by atoms with Gasteiger partial charge in [-0.1, -0.05) is 36.4 Å². The van der Waals surface area contributed by atoms with Gasteiger partial charge in [0.15, 0.2) is 0 Å². The maximum Gasteiger partial charge on any atom is 0.416 e. The molecule has 0 bridgehead atoms. The minimum absolute atomic E-state index is 0.0481. The number of alkyl halides is 4. The molecule has 0 fully saturated rings. The first-order valence-electron chi connectivity index (χ1n) is 14.7. The molecule has 2 aromatic carbocycles. The third kappa shape index (κ3) is 14.1. The molecule has 2 atom stereocenters. The topological polar surface area (TPSA) is 169 Å². The third-order valence-corrected chi connectivity index (χ3v) is 6.78. The molecule has 0 saturated carbocycles. The molecule has 0 radical (unpaired) electrons. The van der Waals surface area contributed by atoms with E-state index in [0.29, 0.717) is 11.6 Å². The van der Waals surface area contributed by atoms with Crippen molar-refractivity contribution in [1.29, 1.82) is 5.26 Å². The molecule has 0 unspecified atom stereocenters. The zero-order valence-corrected chi connectivity index (χ0v) is 27.0. The fourth-order valence-electron chi connectivity index (χ4n) is 4.36. The molecule has 0 heterocycles. The average molecular weight is 679 g/mol. The molecule has 254 valence electrons. The van der Waals surface area contributed by atoms with E-state index in [2.05, 4.69) is 26.6 Å². The second-order valence-electron chi connectivity index (χ2n) is 11.6. The Labute approximate surface area is 276 Å². The summed E-state index contributed by atoms with van der Waals surface area (Å²) in [5.41, 5.74) is -1.50. The van der Waals surface area contributed by atoms with E-state index in [1.807, 2.05) is 0 Å². The number of halogens is 4. The Morgan fingerprint density at radius 1 is 0.851 bits per heavy atom. The predicted molar refractivity (Wildman–Crippen MR) is 167 cm³/mol. The minimum Gasteiger partial charge on any atom is -0.355 e. The average Bonchev–Trinajstić information content (AvgIpc) is 3.00. The van der Waals surface area contributed by atoms with Crippen molar-refractivity contribution in [2.45, 2.75) is 76.8 Å². The summed E-state index contributed by atoms with van der Waals surface area (Å²) < 4.78 is 41.1. The largest absolute Gasteiger partial charge is 0.416 e. The standard InChI is InChI=1S/C32H38ClF3N6O5/c1-31(2,3)42-27(44)12-11-24(40-26(43)13-14-38-28(45)17-33)30(47)41-25(16-20-7-5-4-6-8-20)29(46)39-19-22-10-9-21(18-37)15-23(22)32(34,35)36/h4-10,15,24-25H,11-14,16-17,19H2,1-3H3,(H,38,45)(H,39,46)(H,40,43)(H,41,47)(H,42,44)/t24-,25-/m0/s1. The van der Waals surface area contributed by atoms with Gasteiger partial charge in [-0.05, 0) is 50.5 Å². The van der Waals surface area contributed by atoms with E-state index < -0.39 is 59.5 Å². The summed E-state index contributed by atoms with van der Waals surface area (Å²) in [4.78, 5) is 63.5. The van der Waals surface area contributed by atoms with Gasteiger partial charge in [-0.15, -0.1) is 11.6 Å². The van der Waals surface area contributed by atoms with Gasteiger partial charge in [0.2, 0.25) is 29.5 Å². The molecule has 0 aliphatic rings. The highest BCUT2D eigenvalue weighted by Crippen LogP contribution is 2.32. The second-order valence-corrected chi connectivity index (χ2v) is 11.9. The Bertz CT molecular complexity index is 1460. The van der Waals surface area contributed by atoms with Gasteiger partial charge in [0.05, 0.1) is 17.2 Å². The maximum atomic E-state index is 13.7. The number of carbonyl (C=O) groups is 5. The monoisotopic (exact) mass is 678 g/mol. The SMILES string of the molecule is CC(C)(C)NC(=O)CC[C@H](NC(=O)CCNC(=O)CCl)C(=O)N[C@@H](Cc1ccccc1)C(=O)NCc1ccc(C#N)cc1C(F)(F)F. The van der Waals surface area contributed by atoms with Gasteiger partial charge in [0, 0.05) is 37.9 Å². The van der Waals surface area contributed by atoms with Crippen LogP contribution in [0.3, 0.4) is 0 Å². The van der Waals surface area contributed by atoms with Crippen LogP contribution < -0.4 is 26.6 Å². The van der Waals surface area contributed by atoms with Crippen molar-refractivity contribution in [3.05, 3.63) is 70.8 Å². The van der Waals surface area contributed by atoms with E-state index in [1.165, 1.54) is 6.07 Å². The number of amides is 5. The smallest absolute Gasteiger partial charge is 0.355 e. The number of benzene rings is 2. The molecule has 0 aliphatic carbocycles. The van der Waals surface area contributed by atoms with Crippen molar-refractivity contribution in [1.82, 2.24) is 26.6 Å². The maximum absolute atomic E-state index is 13.7. The summed E-state index contributed by atoms with van der Waals surface area (Å²) in [6, 6.07) is 10.6. The molecule has 0 aliphatic heterocycles. The Kier molecular flexibility index (Phi) is 14.7. The van der Waals surface area contributed by atoms with Crippen molar-refractivity contribution in [3.63, 3.8) is 0 Å². The number of nitriles is 1. The predicted octanol–water partition coefficient (Wildman–Crippen LogP) is 2.85. The molecule has 15 heteroatoms. The Morgan fingerprint density at radius 2 is 1.53 bits per heavy atom. The molecular formula is C32H38ClF3N6O5. The van der Waals surface area contributed by atoms with Crippen LogP contribution in [0.4, 0.5) is 13.2 Å². The van der Waals surface area contributed by atoms with Crippen LogP contribution >= 0.6 is 11.6 Å². The lowest BCUT2D eigenvalue weighted by molar-refractivity contribution is -0.138. The van der Waals surface area contributed by atoms with Crippen molar-refractivity contribution >= 4 is 41.1 Å². The first-order chi connectivity index (χ1) is 22.0. The van der Waals surface area contributed by atoms with Crippen molar-refractivity contribution < 1.29 is 37.1 Å². The second kappa shape index (κ2) is 17.9. The van der Waals surface area contributed by atoms with Crippen LogP contribution in [0.2, 0.25) is 0 Å². The minimum atomic E-state index is -4.79. The van der Waals surface area contributed by atoms with Crippen LogP contribution in [0, 0.1) is 11.3 Å². The van der Waals surface area contributed by atoms with Gasteiger partial charge in [0.1, 0.15) is 18.0 Å². The summed E-state index contributed by atoms with van der Waals surface area (Å²) >= 11 is 5.44. The molecule has 2 rings (SSSR count). The molecule has 5 N–H and O–H groups in total. The van der Waals surface area contributed by atoms with Crippen molar-refractivity contribution in [2.24, 2.45) is 0 Å². The van der Waals surface area contributed by atoms with Gasteiger partial charge in [-0.25, -0.2) is 0 Å². The van der Waals surface area contributed by atoms with Crippen LogP contribution in [0.15, 0.2) is 48.5 Å². The van der Waals surface area contributed by atoms with E-state index in [0.717, 1.165) is 6.07 Å². The van der Waals surface area contributed by atoms with E-state index in [4.69, 9.17) is 16.9 Å². The van der Waals surface area contributed by atoms with Crippen molar-refractivity contribution in [2.75, 3.05) is 12.4 Å². The van der Waals surface area contributed by atoms with Crippen LogP contribution in [0.5, 0.6) is 0 Å². The number of carbonyl (C=O) groups excluding carboxylic acids is 5. The van der Waals surface area contributed by atoms with E-state index in [9.17, 15) is 37.1 Å². The van der Waals surface area contributed by atoms with E-state index >= 15 is 0 Å². The molecule has 47 heavy (non-hydrogen) atoms. The molecule has 0 saturated heterocycles. The molecular weight excluding hydrogens is 641 g/mol. The summed E-state index contributed by atoms with van der Waals surface area (Å²) in [7, 11) is 0. The van der Waals surface area contributed by atoms with Crippen LogP contribution in [-0.2, 0) is 43.1 Å². The van der Waals surface area contributed by atoms with Gasteiger partial charge < -0.3 is 26.6 Å². The Morgan fingerprint density at radius 3 is 2.13 bits per heavy atom. The lowest BCUT2D eigenvalue weighted by Gasteiger charge is -2.25. The third-order valence-electron chi connectivity index (χ3n) is 6.53. The van der Waals surface area contributed by atoms with Crippen LogP contribution in [-0.4, -0.2) is 59.6 Å². The number of rotatable bonds is 15. The number of nitrogens with one attached hydrogen (secondary N) is 5. The lowest BCUT2D eigenvalue weighted by atomic mass is 10.0. The van der Waals surface area contributed by atoms with Gasteiger partial charge in [0.25, 0.3) is 0 Å². The summed E-state index contributed by atoms with van der Waals surface area (Å²) in [5.74, 6) is -3.42. The normalized spacial score (nSPS) is 12.6. The highest BCUT2D eigenvalue weighted by atomic mass is 35.5. The summed E-state index contributed by atoms with van der Waals surface area (Å²) in [5, 5.41) is 21.8. The van der Waals surface area contributed by atoms with E-state index in [1.54, 1.807) is 57.2 Å². The number of hydrogen-bond donors (Lipinski definition) is 5. The number of nitrogens with zero attached hydrogens (tertiary/aromatic N) is 1. The molecule has 0 aromatic heterocycles. The summed E-state index contributed by atoms with van der Waals surface area (Å²) in [6.45, 7) is 4.70. The fraction of sp³-hybridized carbons (Fsp3) is 0.438. The van der Waals surface area contributed by atoms with Crippen molar-refractivity contribution in [3.8, 4) is 6.07 Å². The highest BCUT2D eigenvalue weighted by molar-refractivity contribution is 6.27. The summed E-state index contributed by atoms with van der Waals surface area (Å²) in [6.07, 6.45) is -5.35. The first-order valence-corrected chi connectivity index (χ1v) is 15.2.